The van der Waals surface area contributed by atoms with Crippen LogP contribution in [-0.4, -0.2) is 39.2 Å². The van der Waals surface area contributed by atoms with Crippen molar-refractivity contribution >= 4 is 0 Å². The second-order valence-electron chi connectivity index (χ2n) is 4.63. The largest absolute Gasteiger partial charge is 0.368 e. The first-order valence-corrected chi connectivity index (χ1v) is 6.87. The van der Waals surface area contributed by atoms with Crippen LogP contribution in [0.1, 0.15) is 31.6 Å². The quantitative estimate of drug-likeness (QED) is 0.893. The molecule has 0 spiro atoms. The number of morpholine rings is 1. The molecule has 0 aliphatic carbocycles. The second-order valence-corrected chi connectivity index (χ2v) is 4.63. The number of hydrogen-bond acceptors (Lipinski definition) is 5. The first-order chi connectivity index (χ1) is 9.33. The van der Waals surface area contributed by atoms with E-state index in [4.69, 9.17) is 4.74 Å². The molecule has 6 heteroatoms. The van der Waals surface area contributed by atoms with Crippen LogP contribution in [0.15, 0.2) is 6.20 Å². The minimum atomic E-state index is -0.000114. The topological polar surface area (TPSA) is 64.9 Å². The molecule has 19 heavy (non-hydrogen) atoms. The molecule has 1 N–H and O–H groups in total. The predicted octanol–water partition coefficient (Wildman–Crippen LogP) is 1.02. The van der Waals surface area contributed by atoms with E-state index in [-0.39, 0.29) is 6.10 Å². The lowest BCUT2D eigenvalue weighted by Crippen LogP contribution is -2.35. The van der Waals surface area contributed by atoms with Crippen LogP contribution in [0.25, 0.3) is 11.5 Å². The summed E-state index contributed by atoms with van der Waals surface area (Å²) in [5.74, 6) is 2.72. The third-order valence-electron chi connectivity index (χ3n) is 3.41. The highest BCUT2D eigenvalue weighted by atomic mass is 16.5. The van der Waals surface area contributed by atoms with Crippen LogP contribution in [-0.2, 0) is 17.7 Å². The lowest BCUT2D eigenvalue weighted by molar-refractivity contribution is 0.0194. The Labute approximate surface area is 112 Å². The molecule has 3 aliphatic heterocycles. The number of aryl methyl sites for hydroxylation is 1. The summed E-state index contributed by atoms with van der Waals surface area (Å²) in [6.07, 6.45) is 2.65. The Morgan fingerprint density at radius 3 is 3.00 bits per heavy atom. The minimum absolute atomic E-state index is 0.000114. The third-order valence-corrected chi connectivity index (χ3v) is 3.41. The maximum Gasteiger partial charge on any atom is 0.163 e. The van der Waals surface area contributed by atoms with Gasteiger partial charge in [-0.1, -0.05) is 6.92 Å². The highest BCUT2D eigenvalue weighted by molar-refractivity contribution is 5.51. The standard InChI is InChI=1S/C13H19N5O/c1-3-11-16-9-7-15-13(10-8-14-5-6-19-10)18(4-2)12(9)17-11/h7,10,14H,3-6,8H2,1-2H3. The SMILES string of the molecule is CCc1nc2cnc(C3CNCCO3)n(CC)c-2n1. The Morgan fingerprint density at radius 1 is 1.42 bits per heavy atom. The average molecular weight is 261 g/mol. The molecule has 0 radical (unpaired) electrons. The molecular formula is C13H19N5O. The third kappa shape index (κ3) is 2.21. The molecule has 102 valence electrons. The van der Waals surface area contributed by atoms with Gasteiger partial charge in [-0.2, -0.15) is 0 Å². The van der Waals surface area contributed by atoms with Crippen molar-refractivity contribution in [2.75, 3.05) is 19.7 Å². The van der Waals surface area contributed by atoms with Gasteiger partial charge in [-0.15, -0.1) is 0 Å². The predicted molar refractivity (Wildman–Crippen MR) is 71.1 cm³/mol. The number of hydrogen-bond donors (Lipinski definition) is 1. The van der Waals surface area contributed by atoms with Gasteiger partial charge in [0.05, 0.1) is 12.8 Å². The summed E-state index contributed by atoms with van der Waals surface area (Å²) in [5, 5.41) is 3.33. The Bertz CT molecular complexity index is 532. The Hall–Kier alpha value is -1.53. The Kier molecular flexibility index (Phi) is 3.44. The van der Waals surface area contributed by atoms with Crippen LogP contribution < -0.4 is 5.32 Å². The molecule has 0 aromatic carbocycles. The maximum absolute atomic E-state index is 5.79. The summed E-state index contributed by atoms with van der Waals surface area (Å²) in [5.41, 5.74) is 0.867. The Balaban J connectivity index is 2.06. The van der Waals surface area contributed by atoms with Crippen LogP contribution >= 0.6 is 0 Å². The van der Waals surface area contributed by atoms with Gasteiger partial charge in [-0.25, -0.2) is 15.0 Å². The van der Waals surface area contributed by atoms with E-state index in [0.29, 0.717) is 0 Å². The number of rotatable bonds is 3. The molecule has 3 aliphatic rings. The van der Waals surface area contributed by atoms with Crippen LogP contribution in [0.3, 0.4) is 0 Å². The van der Waals surface area contributed by atoms with Gasteiger partial charge in [-0.05, 0) is 6.92 Å². The highest BCUT2D eigenvalue weighted by Crippen LogP contribution is 2.24. The van der Waals surface area contributed by atoms with Crippen LogP contribution in [0.5, 0.6) is 0 Å². The van der Waals surface area contributed by atoms with Gasteiger partial charge < -0.3 is 14.6 Å². The van der Waals surface area contributed by atoms with E-state index in [9.17, 15) is 0 Å². The minimum Gasteiger partial charge on any atom is -0.368 e. The molecule has 3 rings (SSSR count). The first kappa shape index (κ1) is 12.5. The van der Waals surface area contributed by atoms with Gasteiger partial charge in [0.2, 0.25) is 0 Å². The molecule has 0 saturated carbocycles. The molecule has 3 heterocycles. The zero-order valence-corrected chi connectivity index (χ0v) is 11.4. The zero-order valence-electron chi connectivity index (χ0n) is 11.4. The normalized spacial score (nSPS) is 20.0. The fraction of sp³-hybridized carbons (Fsp3) is 0.615. The summed E-state index contributed by atoms with van der Waals surface area (Å²) in [7, 11) is 0. The monoisotopic (exact) mass is 261 g/mol. The molecule has 1 fully saturated rings. The fourth-order valence-corrected chi connectivity index (χ4v) is 2.44. The summed E-state index contributed by atoms with van der Waals surface area (Å²) in [6, 6.07) is 0. The van der Waals surface area contributed by atoms with Crippen molar-refractivity contribution in [1.82, 2.24) is 24.8 Å². The van der Waals surface area contributed by atoms with Crippen molar-refractivity contribution in [3.05, 3.63) is 17.8 Å². The van der Waals surface area contributed by atoms with E-state index in [1.54, 1.807) is 6.20 Å². The van der Waals surface area contributed by atoms with Crippen molar-refractivity contribution < 1.29 is 4.74 Å². The molecule has 1 atom stereocenters. The molecular weight excluding hydrogens is 242 g/mol. The van der Waals surface area contributed by atoms with Crippen LogP contribution in [0.4, 0.5) is 0 Å². The van der Waals surface area contributed by atoms with Gasteiger partial charge in [0.15, 0.2) is 5.82 Å². The number of imidazole rings is 1. The van der Waals surface area contributed by atoms with Gasteiger partial charge >= 0.3 is 0 Å². The molecule has 0 aromatic heterocycles. The number of ether oxygens (including phenoxy) is 1. The molecule has 6 nitrogen and oxygen atoms in total. The summed E-state index contributed by atoms with van der Waals surface area (Å²) >= 11 is 0. The van der Waals surface area contributed by atoms with Crippen molar-refractivity contribution in [3.8, 4) is 11.5 Å². The van der Waals surface area contributed by atoms with Crippen molar-refractivity contribution in [2.24, 2.45) is 0 Å². The summed E-state index contributed by atoms with van der Waals surface area (Å²) < 4.78 is 7.90. The van der Waals surface area contributed by atoms with Crippen molar-refractivity contribution in [3.63, 3.8) is 0 Å². The molecule has 0 bridgehead atoms. The van der Waals surface area contributed by atoms with Gasteiger partial charge in [0.25, 0.3) is 0 Å². The summed E-state index contributed by atoms with van der Waals surface area (Å²) in [4.78, 5) is 13.6. The van der Waals surface area contributed by atoms with Gasteiger partial charge in [-0.3, -0.25) is 0 Å². The van der Waals surface area contributed by atoms with E-state index in [0.717, 1.165) is 55.8 Å². The highest BCUT2D eigenvalue weighted by Gasteiger charge is 2.24. The average Bonchev–Trinajstić information content (AvgIpc) is 2.90. The van der Waals surface area contributed by atoms with E-state index in [2.05, 4.69) is 38.7 Å². The fourth-order valence-electron chi connectivity index (χ4n) is 2.44. The van der Waals surface area contributed by atoms with Gasteiger partial charge in [0.1, 0.15) is 23.4 Å². The molecule has 0 amide bonds. The lowest BCUT2D eigenvalue weighted by atomic mass is 10.2. The molecule has 1 unspecified atom stereocenters. The number of fused-ring (bicyclic) bond motifs is 1. The van der Waals surface area contributed by atoms with E-state index >= 15 is 0 Å². The molecule has 1 saturated heterocycles. The van der Waals surface area contributed by atoms with E-state index in [1.165, 1.54) is 0 Å². The second kappa shape index (κ2) is 5.22. The van der Waals surface area contributed by atoms with Crippen LogP contribution in [0.2, 0.25) is 0 Å². The smallest absolute Gasteiger partial charge is 0.163 e. The van der Waals surface area contributed by atoms with Gasteiger partial charge in [0, 0.05) is 26.1 Å². The summed E-state index contributed by atoms with van der Waals surface area (Å²) in [6.45, 7) is 7.41. The van der Waals surface area contributed by atoms with Crippen molar-refractivity contribution in [1.29, 1.82) is 0 Å². The Morgan fingerprint density at radius 2 is 2.32 bits per heavy atom. The number of nitrogens with zero attached hydrogens (tertiary/aromatic N) is 4. The number of nitrogens with one attached hydrogen (secondary N) is 1. The van der Waals surface area contributed by atoms with E-state index < -0.39 is 0 Å². The van der Waals surface area contributed by atoms with E-state index in [1.807, 2.05) is 0 Å². The first-order valence-electron chi connectivity index (χ1n) is 6.87. The molecule has 0 aromatic rings. The number of aromatic nitrogens is 4. The zero-order chi connectivity index (χ0) is 13.2. The lowest BCUT2D eigenvalue weighted by Gasteiger charge is -2.26. The van der Waals surface area contributed by atoms with Crippen molar-refractivity contribution in [2.45, 2.75) is 32.9 Å². The van der Waals surface area contributed by atoms with Crippen LogP contribution in [0, 0.1) is 0 Å². The maximum atomic E-state index is 5.79.